The number of nitrogens with two attached hydrogens (primary N) is 1. The Kier molecular flexibility index (Phi) is 4.66. The van der Waals surface area contributed by atoms with Crippen LogP contribution < -0.4 is 5.73 Å². The molecule has 0 radical (unpaired) electrons. The minimum Gasteiger partial charge on any atom is -0.329 e. The lowest BCUT2D eigenvalue weighted by molar-refractivity contribution is 0.103. The van der Waals surface area contributed by atoms with Crippen molar-refractivity contribution < 1.29 is 0 Å². The summed E-state index contributed by atoms with van der Waals surface area (Å²) in [7, 11) is 0. The molecule has 1 saturated carbocycles. The Morgan fingerprint density at radius 2 is 1.94 bits per heavy atom. The summed E-state index contributed by atoms with van der Waals surface area (Å²) in [4.78, 5) is 2.71. The summed E-state index contributed by atoms with van der Waals surface area (Å²) in [5.74, 6) is 1.90. The second-order valence-electron chi connectivity index (χ2n) is 5.74. The summed E-state index contributed by atoms with van der Waals surface area (Å²) in [5.41, 5.74) is 5.99. The van der Waals surface area contributed by atoms with Crippen LogP contribution in [0.2, 0.25) is 0 Å². The van der Waals surface area contributed by atoms with Crippen molar-refractivity contribution in [1.29, 1.82) is 0 Å². The zero-order valence-corrected chi connectivity index (χ0v) is 10.8. The van der Waals surface area contributed by atoms with E-state index < -0.39 is 0 Å². The van der Waals surface area contributed by atoms with Gasteiger partial charge in [0.1, 0.15) is 0 Å². The van der Waals surface area contributed by atoms with E-state index in [9.17, 15) is 0 Å². The van der Waals surface area contributed by atoms with Gasteiger partial charge in [-0.15, -0.1) is 0 Å². The van der Waals surface area contributed by atoms with Crippen LogP contribution in [0.25, 0.3) is 0 Å². The summed E-state index contributed by atoms with van der Waals surface area (Å²) in [5, 5.41) is 0. The molecular formula is C14H28N2. The maximum Gasteiger partial charge on any atom is 0.0246 e. The van der Waals surface area contributed by atoms with Gasteiger partial charge >= 0.3 is 0 Å². The highest BCUT2D eigenvalue weighted by molar-refractivity contribution is 4.86. The van der Waals surface area contributed by atoms with Gasteiger partial charge in [-0.25, -0.2) is 0 Å². The van der Waals surface area contributed by atoms with Gasteiger partial charge in [0.15, 0.2) is 0 Å². The first-order chi connectivity index (χ1) is 7.85. The van der Waals surface area contributed by atoms with Gasteiger partial charge in [-0.1, -0.05) is 19.8 Å². The van der Waals surface area contributed by atoms with Crippen molar-refractivity contribution in [3.63, 3.8) is 0 Å². The molecule has 0 bridgehead atoms. The fraction of sp³-hybridized carbons (Fsp3) is 1.00. The third kappa shape index (κ3) is 2.78. The zero-order valence-electron chi connectivity index (χ0n) is 10.8. The van der Waals surface area contributed by atoms with Gasteiger partial charge in [0, 0.05) is 12.6 Å². The molecule has 0 spiro atoms. The standard InChI is InChI=1S/C14H28N2/c1-2-12-5-4-9-16(10-8-12)14(11-15)13-6-3-7-13/h12-14H,2-11,15H2,1H3. The molecule has 1 heterocycles. The van der Waals surface area contributed by atoms with E-state index in [1.807, 2.05) is 0 Å². The van der Waals surface area contributed by atoms with Gasteiger partial charge in [-0.05, 0) is 57.0 Å². The van der Waals surface area contributed by atoms with Crippen LogP contribution in [0.3, 0.4) is 0 Å². The van der Waals surface area contributed by atoms with E-state index in [1.54, 1.807) is 0 Å². The average Bonchev–Trinajstić information content (AvgIpc) is 2.48. The molecule has 0 aromatic heterocycles. The molecule has 2 rings (SSSR count). The topological polar surface area (TPSA) is 29.3 Å². The van der Waals surface area contributed by atoms with E-state index in [1.165, 1.54) is 58.0 Å². The SMILES string of the molecule is CCC1CCCN(C(CN)C2CCC2)CC1. The van der Waals surface area contributed by atoms with Crippen LogP contribution in [0.5, 0.6) is 0 Å². The Morgan fingerprint density at radius 1 is 1.12 bits per heavy atom. The van der Waals surface area contributed by atoms with Crippen LogP contribution in [0.15, 0.2) is 0 Å². The number of nitrogens with zero attached hydrogens (tertiary/aromatic N) is 1. The van der Waals surface area contributed by atoms with Crippen molar-refractivity contribution in [1.82, 2.24) is 4.90 Å². The fourth-order valence-electron chi connectivity index (χ4n) is 3.39. The lowest BCUT2D eigenvalue weighted by atomic mass is 9.79. The highest BCUT2D eigenvalue weighted by Crippen LogP contribution is 2.33. The number of likely N-dealkylation sites (tertiary alicyclic amines) is 1. The number of hydrogen-bond acceptors (Lipinski definition) is 2. The molecule has 1 aliphatic carbocycles. The Labute approximate surface area is 101 Å². The lowest BCUT2D eigenvalue weighted by Crippen LogP contribution is -2.48. The van der Waals surface area contributed by atoms with Crippen molar-refractivity contribution in [2.24, 2.45) is 17.6 Å². The van der Waals surface area contributed by atoms with Gasteiger partial charge < -0.3 is 5.73 Å². The predicted molar refractivity (Wildman–Crippen MR) is 69.4 cm³/mol. The Balaban J connectivity index is 1.86. The summed E-state index contributed by atoms with van der Waals surface area (Å²) in [6.45, 7) is 5.82. The molecule has 94 valence electrons. The second-order valence-corrected chi connectivity index (χ2v) is 5.74. The maximum absolute atomic E-state index is 5.99. The molecule has 0 amide bonds. The monoisotopic (exact) mass is 224 g/mol. The van der Waals surface area contributed by atoms with Crippen molar-refractivity contribution in [2.75, 3.05) is 19.6 Å². The van der Waals surface area contributed by atoms with Crippen LogP contribution in [-0.4, -0.2) is 30.6 Å². The molecule has 16 heavy (non-hydrogen) atoms. The molecule has 0 aromatic carbocycles. The lowest BCUT2D eigenvalue weighted by Gasteiger charge is -2.40. The van der Waals surface area contributed by atoms with E-state index in [0.717, 1.165) is 18.4 Å². The van der Waals surface area contributed by atoms with Crippen LogP contribution in [0, 0.1) is 11.8 Å². The molecule has 2 heteroatoms. The van der Waals surface area contributed by atoms with Gasteiger partial charge in [0.05, 0.1) is 0 Å². The highest BCUT2D eigenvalue weighted by atomic mass is 15.2. The Bertz CT molecular complexity index is 201. The first-order valence-electron chi connectivity index (χ1n) is 7.29. The first-order valence-corrected chi connectivity index (χ1v) is 7.29. The molecule has 1 saturated heterocycles. The van der Waals surface area contributed by atoms with Gasteiger partial charge in [0.25, 0.3) is 0 Å². The molecule has 2 unspecified atom stereocenters. The largest absolute Gasteiger partial charge is 0.329 e. The van der Waals surface area contributed by atoms with Crippen molar-refractivity contribution >= 4 is 0 Å². The Hall–Kier alpha value is -0.0800. The maximum atomic E-state index is 5.99. The minimum atomic E-state index is 0.698. The van der Waals surface area contributed by atoms with E-state index in [0.29, 0.717) is 6.04 Å². The zero-order chi connectivity index (χ0) is 11.4. The molecule has 2 atom stereocenters. The summed E-state index contributed by atoms with van der Waals surface area (Å²) in [6, 6.07) is 0.698. The quantitative estimate of drug-likeness (QED) is 0.795. The first kappa shape index (κ1) is 12.4. The van der Waals surface area contributed by atoms with E-state index in [2.05, 4.69) is 11.8 Å². The van der Waals surface area contributed by atoms with Gasteiger partial charge in [0.2, 0.25) is 0 Å². The third-order valence-electron chi connectivity index (χ3n) is 4.86. The second kappa shape index (κ2) is 6.02. The minimum absolute atomic E-state index is 0.698. The molecular weight excluding hydrogens is 196 g/mol. The summed E-state index contributed by atoms with van der Waals surface area (Å²) in [6.07, 6.45) is 9.89. The summed E-state index contributed by atoms with van der Waals surface area (Å²) >= 11 is 0. The smallest absolute Gasteiger partial charge is 0.0246 e. The van der Waals surface area contributed by atoms with Crippen molar-refractivity contribution in [2.45, 2.75) is 57.9 Å². The van der Waals surface area contributed by atoms with Crippen LogP contribution in [-0.2, 0) is 0 Å². The van der Waals surface area contributed by atoms with Crippen LogP contribution in [0.4, 0.5) is 0 Å². The van der Waals surface area contributed by atoms with Gasteiger partial charge in [-0.2, -0.15) is 0 Å². The van der Waals surface area contributed by atoms with E-state index in [4.69, 9.17) is 5.73 Å². The highest BCUT2D eigenvalue weighted by Gasteiger charge is 2.31. The molecule has 2 nitrogen and oxygen atoms in total. The van der Waals surface area contributed by atoms with Crippen LogP contribution >= 0.6 is 0 Å². The average molecular weight is 224 g/mol. The predicted octanol–water partition coefficient (Wildman–Crippen LogP) is 2.63. The third-order valence-corrected chi connectivity index (χ3v) is 4.86. The normalized spacial score (nSPS) is 30.8. The number of rotatable bonds is 4. The Morgan fingerprint density at radius 3 is 2.50 bits per heavy atom. The van der Waals surface area contributed by atoms with Crippen molar-refractivity contribution in [3.05, 3.63) is 0 Å². The molecule has 2 aliphatic rings. The molecule has 2 N–H and O–H groups in total. The molecule has 0 aromatic rings. The van der Waals surface area contributed by atoms with Gasteiger partial charge in [-0.3, -0.25) is 4.90 Å². The van der Waals surface area contributed by atoms with Crippen molar-refractivity contribution in [3.8, 4) is 0 Å². The molecule has 1 aliphatic heterocycles. The fourth-order valence-corrected chi connectivity index (χ4v) is 3.39. The van der Waals surface area contributed by atoms with E-state index in [-0.39, 0.29) is 0 Å². The number of hydrogen-bond donors (Lipinski definition) is 1. The summed E-state index contributed by atoms with van der Waals surface area (Å²) < 4.78 is 0. The molecule has 2 fully saturated rings. The van der Waals surface area contributed by atoms with E-state index >= 15 is 0 Å². The van der Waals surface area contributed by atoms with Crippen LogP contribution in [0.1, 0.15) is 51.9 Å².